The van der Waals surface area contributed by atoms with Crippen LogP contribution in [0.5, 0.6) is 0 Å². The molecule has 27 heavy (non-hydrogen) atoms. The Balaban J connectivity index is 1.54. The molecule has 2 aromatic rings. The lowest BCUT2D eigenvalue weighted by molar-refractivity contribution is 0.192. The maximum Gasteiger partial charge on any atom is 0.411 e. The Labute approximate surface area is 169 Å². The zero-order valence-corrected chi connectivity index (χ0v) is 16.4. The lowest BCUT2D eigenvalue weighted by Crippen LogP contribution is -2.39. The summed E-state index contributed by atoms with van der Waals surface area (Å²) in [6, 6.07) is 15.9. The summed E-state index contributed by atoms with van der Waals surface area (Å²) in [5.41, 5.74) is 1.70. The fourth-order valence-electron chi connectivity index (χ4n) is 4.74. The number of para-hydroxylation sites is 1. The summed E-state index contributed by atoms with van der Waals surface area (Å²) in [4.78, 5) is 15.8. The molecule has 1 saturated heterocycles. The van der Waals surface area contributed by atoms with Crippen LogP contribution in [0.25, 0.3) is 0 Å². The summed E-state index contributed by atoms with van der Waals surface area (Å²) in [5, 5.41) is 10.6. The highest BCUT2D eigenvalue weighted by molar-refractivity contribution is 6.39. The van der Waals surface area contributed by atoms with Gasteiger partial charge >= 0.3 is 6.09 Å². The van der Waals surface area contributed by atoms with E-state index in [0.29, 0.717) is 40.2 Å². The van der Waals surface area contributed by atoms with E-state index in [4.69, 9.17) is 23.2 Å². The standard InChI is InChI=1S/C21H22Cl2N2O2/c22-17-7-4-8-18(23)20(17)25(21(26)27)13-16-15-9-10-19(16)24(12-15)11-14-5-2-1-3-6-14/h1-8,15-16,19H,9-13H2,(H,26,27). The van der Waals surface area contributed by atoms with Gasteiger partial charge in [-0.3, -0.25) is 9.80 Å². The van der Waals surface area contributed by atoms with Crippen molar-refractivity contribution in [1.29, 1.82) is 0 Å². The Kier molecular flexibility index (Phi) is 5.31. The summed E-state index contributed by atoms with van der Waals surface area (Å²) < 4.78 is 0. The van der Waals surface area contributed by atoms with E-state index in [1.807, 2.05) is 6.07 Å². The average molecular weight is 405 g/mol. The van der Waals surface area contributed by atoms with Crippen LogP contribution in [0.2, 0.25) is 10.0 Å². The lowest BCUT2D eigenvalue weighted by Gasteiger charge is -2.29. The first-order valence-corrected chi connectivity index (χ1v) is 10.0. The molecule has 0 radical (unpaired) electrons. The molecular weight excluding hydrogens is 383 g/mol. The van der Waals surface area contributed by atoms with Crippen molar-refractivity contribution in [3.05, 3.63) is 64.1 Å². The van der Waals surface area contributed by atoms with E-state index in [9.17, 15) is 9.90 Å². The van der Waals surface area contributed by atoms with Gasteiger partial charge < -0.3 is 5.11 Å². The predicted octanol–water partition coefficient (Wildman–Crippen LogP) is 5.39. The summed E-state index contributed by atoms with van der Waals surface area (Å²) in [5.74, 6) is 0.818. The largest absolute Gasteiger partial charge is 0.465 e. The van der Waals surface area contributed by atoms with Crippen molar-refractivity contribution in [3.63, 3.8) is 0 Å². The zero-order chi connectivity index (χ0) is 19.0. The van der Waals surface area contributed by atoms with Crippen molar-refractivity contribution in [3.8, 4) is 0 Å². The van der Waals surface area contributed by atoms with E-state index in [1.54, 1.807) is 18.2 Å². The summed E-state index contributed by atoms with van der Waals surface area (Å²) in [6.45, 7) is 2.37. The molecule has 6 heteroatoms. The van der Waals surface area contributed by atoms with Crippen LogP contribution in [0, 0.1) is 11.8 Å². The molecule has 1 amide bonds. The van der Waals surface area contributed by atoms with Crippen LogP contribution in [-0.2, 0) is 6.54 Å². The summed E-state index contributed by atoms with van der Waals surface area (Å²) in [6.07, 6.45) is 1.27. The van der Waals surface area contributed by atoms with Gasteiger partial charge in [-0.15, -0.1) is 0 Å². The van der Waals surface area contributed by atoms with Gasteiger partial charge in [0.15, 0.2) is 0 Å². The molecule has 1 N–H and O–H groups in total. The second-order valence-corrected chi connectivity index (χ2v) is 8.26. The van der Waals surface area contributed by atoms with Crippen molar-refractivity contribution in [1.82, 2.24) is 4.90 Å². The third-order valence-corrected chi connectivity index (χ3v) is 6.54. The Morgan fingerprint density at radius 3 is 2.44 bits per heavy atom. The van der Waals surface area contributed by atoms with Crippen molar-refractivity contribution >= 4 is 35.0 Å². The van der Waals surface area contributed by atoms with Gasteiger partial charge in [-0.2, -0.15) is 0 Å². The number of hydrogen-bond donors (Lipinski definition) is 1. The molecule has 3 unspecified atom stereocenters. The molecule has 0 spiro atoms. The van der Waals surface area contributed by atoms with E-state index in [2.05, 4.69) is 29.2 Å². The highest BCUT2D eigenvalue weighted by Gasteiger charge is 2.47. The number of carboxylic acid groups (broad SMARTS) is 1. The van der Waals surface area contributed by atoms with Crippen molar-refractivity contribution in [2.45, 2.75) is 25.4 Å². The normalized spacial score (nSPS) is 24.3. The fourth-order valence-corrected chi connectivity index (χ4v) is 5.34. The number of fused-ring (bicyclic) bond motifs is 2. The van der Waals surface area contributed by atoms with Crippen molar-refractivity contribution < 1.29 is 9.90 Å². The molecule has 2 bridgehead atoms. The van der Waals surface area contributed by atoms with Crippen molar-refractivity contribution in [2.75, 3.05) is 18.0 Å². The molecule has 2 aliphatic rings. The Morgan fingerprint density at radius 1 is 1.07 bits per heavy atom. The van der Waals surface area contributed by atoms with Crippen LogP contribution < -0.4 is 4.90 Å². The maximum atomic E-state index is 12.0. The summed E-state index contributed by atoms with van der Waals surface area (Å²) in [7, 11) is 0. The molecule has 2 aromatic carbocycles. The average Bonchev–Trinajstić information content (AvgIpc) is 3.17. The van der Waals surface area contributed by atoms with E-state index in [0.717, 1.165) is 25.9 Å². The molecule has 1 saturated carbocycles. The van der Waals surface area contributed by atoms with Crippen LogP contribution >= 0.6 is 23.2 Å². The molecule has 0 aromatic heterocycles. The third kappa shape index (κ3) is 3.66. The smallest absolute Gasteiger partial charge is 0.411 e. The fraction of sp³-hybridized carbons (Fsp3) is 0.381. The van der Waals surface area contributed by atoms with Gasteiger partial charge in [-0.05, 0) is 42.4 Å². The van der Waals surface area contributed by atoms with Crippen LogP contribution in [0.3, 0.4) is 0 Å². The van der Waals surface area contributed by atoms with Crippen LogP contribution in [0.15, 0.2) is 48.5 Å². The number of hydrogen-bond acceptors (Lipinski definition) is 2. The summed E-state index contributed by atoms with van der Waals surface area (Å²) >= 11 is 12.6. The minimum absolute atomic E-state index is 0.303. The van der Waals surface area contributed by atoms with Crippen LogP contribution in [0.4, 0.5) is 10.5 Å². The van der Waals surface area contributed by atoms with E-state index in [-0.39, 0.29) is 0 Å². The molecule has 3 atom stereocenters. The first-order chi connectivity index (χ1) is 13.0. The third-order valence-electron chi connectivity index (χ3n) is 5.93. The SMILES string of the molecule is O=C(O)N(CC1C2CCC1N(Cc1ccccc1)C2)c1c(Cl)cccc1Cl. The Bertz CT molecular complexity index is 810. The number of halogens is 2. The molecule has 1 aliphatic heterocycles. The lowest BCUT2D eigenvalue weighted by atomic mass is 9.97. The van der Waals surface area contributed by atoms with Gasteiger partial charge in [0.2, 0.25) is 0 Å². The maximum absolute atomic E-state index is 12.0. The topological polar surface area (TPSA) is 43.8 Å². The number of amides is 1. The minimum atomic E-state index is -1.01. The first-order valence-electron chi connectivity index (χ1n) is 9.27. The molecule has 1 aliphatic carbocycles. The number of anilines is 1. The number of likely N-dealkylation sites (tertiary alicyclic amines) is 1. The molecule has 2 fully saturated rings. The molecule has 4 nitrogen and oxygen atoms in total. The van der Waals surface area contributed by atoms with Gasteiger partial charge in [0, 0.05) is 25.7 Å². The molecule has 1 heterocycles. The second-order valence-electron chi connectivity index (χ2n) is 7.45. The highest BCUT2D eigenvalue weighted by Crippen LogP contribution is 2.45. The Hall–Kier alpha value is -1.75. The second kappa shape index (κ2) is 7.70. The number of carbonyl (C=O) groups is 1. The zero-order valence-electron chi connectivity index (χ0n) is 14.9. The monoisotopic (exact) mass is 404 g/mol. The predicted molar refractivity (Wildman–Crippen MR) is 109 cm³/mol. The van der Waals surface area contributed by atoms with Gasteiger partial charge in [0.25, 0.3) is 0 Å². The number of benzene rings is 2. The molecule has 4 rings (SSSR count). The van der Waals surface area contributed by atoms with Gasteiger partial charge in [-0.1, -0.05) is 59.6 Å². The van der Waals surface area contributed by atoms with E-state index in [1.165, 1.54) is 10.5 Å². The quantitative estimate of drug-likeness (QED) is 0.726. The van der Waals surface area contributed by atoms with E-state index < -0.39 is 6.09 Å². The van der Waals surface area contributed by atoms with Crippen LogP contribution in [-0.4, -0.2) is 35.2 Å². The first kappa shape index (κ1) is 18.6. The molecular formula is C21H22Cl2N2O2. The van der Waals surface area contributed by atoms with Crippen LogP contribution in [0.1, 0.15) is 18.4 Å². The highest BCUT2D eigenvalue weighted by atomic mass is 35.5. The number of nitrogens with zero attached hydrogens (tertiary/aromatic N) is 2. The number of piperidine rings is 1. The minimum Gasteiger partial charge on any atom is -0.465 e. The van der Waals surface area contributed by atoms with Gasteiger partial charge in [0.05, 0.1) is 15.7 Å². The Morgan fingerprint density at radius 2 is 1.78 bits per heavy atom. The van der Waals surface area contributed by atoms with Gasteiger partial charge in [-0.25, -0.2) is 4.79 Å². The molecule has 142 valence electrons. The van der Waals surface area contributed by atoms with E-state index >= 15 is 0 Å². The van der Waals surface area contributed by atoms with Crippen molar-refractivity contribution in [2.24, 2.45) is 11.8 Å². The van der Waals surface area contributed by atoms with Gasteiger partial charge in [0.1, 0.15) is 0 Å². The number of rotatable bonds is 5.